The number of hydrogen-bond acceptors (Lipinski definition) is 0. The topological polar surface area (TPSA) is 0 Å². The molecule has 0 fully saturated rings. The largest absolute Gasteiger partial charge is 0.207 e. The quantitative estimate of drug-likeness (QED) is 0.250. The van der Waals surface area contributed by atoms with Gasteiger partial charge >= 0.3 is 0 Å². The fraction of sp³-hybridized carbons (Fsp3) is 0.394. The van der Waals surface area contributed by atoms with E-state index in [0.29, 0.717) is 36.8 Å². The molecule has 0 saturated carbocycles. The molecule has 0 saturated heterocycles. The molecule has 0 N–H and O–H groups in total. The molecule has 3 rings (SSSR count). The maximum Gasteiger partial charge on any atom is 0.127 e. The summed E-state index contributed by atoms with van der Waals surface area (Å²) in [6.45, 7) is 13.8. The van der Waals surface area contributed by atoms with Crippen LogP contribution in [0.15, 0.2) is 43.0 Å². The molecule has 0 spiro atoms. The number of benzene rings is 3. The van der Waals surface area contributed by atoms with Crippen LogP contribution in [0.3, 0.4) is 0 Å². The standard InChI is InChI=1S/C33H39F3/c1-7-9-26-16-24(18-32(35)23(26)6)11-12-25-17-30(21(3)4)29(33(36)19-25)14-13-28-20-31(34)22(5)15-27(28)10-8-2/h15-20H,3,7-14H2,1-2,4-6H3. The van der Waals surface area contributed by atoms with Crippen LogP contribution < -0.4 is 0 Å². The molecule has 192 valence electrons. The molecule has 36 heavy (non-hydrogen) atoms. The second-order valence-electron chi connectivity index (χ2n) is 10.1. The molecular weight excluding hydrogens is 453 g/mol. The molecule has 3 aromatic carbocycles. The smallest absolute Gasteiger partial charge is 0.127 e. The highest BCUT2D eigenvalue weighted by Gasteiger charge is 2.15. The van der Waals surface area contributed by atoms with Gasteiger partial charge in [0.1, 0.15) is 17.5 Å². The van der Waals surface area contributed by atoms with Crippen molar-refractivity contribution in [1.29, 1.82) is 0 Å². The van der Waals surface area contributed by atoms with Gasteiger partial charge in [0.25, 0.3) is 0 Å². The third-order valence-electron chi connectivity index (χ3n) is 7.09. The highest BCUT2D eigenvalue weighted by atomic mass is 19.1. The van der Waals surface area contributed by atoms with E-state index in [1.165, 1.54) is 0 Å². The molecule has 0 bridgehead atoms. The van der Waals surface area contributed by atoms with Crippen LogP contribution in [0, 0.1) is 31.3 Å². The van der Waals surface area contributed by atoms with Crippen LogP contribution >= 0.6 is 0 Å². The van der Waals surface area contributed by atoms with E-state index in [1.54, 1.807) is 25.1 Å². The van der Waals surface area contributed by atoms with E-state index in [2.05, 4.69) is 26.5 Å². The first-order chi connectivity index (χ1) is 17.1. The number of allylic oxidation sites excluding steroid dienone is 1. The number of aryl methyl sites for hydroxylation is 6. The Kier molecular flexibility index (Phi) is 9.59. The van der Waals surface area contributed by atoms with Gasteiger partial charge in [0.15, 0.2) is 0 Å². The monoisotopic (exact) mass is 492 g/mol. The van der Waals surface area contributed by atoms with Gasteiger partial charge in [0, 0.05) is 0 Å². The SMILES string of the molecule is C=C(C)c1cc(CCc2cc(F)c(C)c(CCC)c2)cc(F)c1CCc1cc(F)c(C)cc1CCC. The van der Waals surface area contributed by atoms with Crippen LogP contribution in [0.2, 0.25) is 0 Å². The number of hydrogen-bond donors (Lipinski definition) is 0. The minimum absolute atomic E-state index is 0.171. The first kappa shape index (κ1) is 27.8. The van der Waals surface area contributed by atoms with Gasteiger partial charge in [0.05, 0.1) is 0 Å². The van der Waals surface area contributed by atoms with Crippen molar-refractivity contribution in [3.05, 3.63) is 110 Å². The van der Waals surface area contributed by atoms with Gasteiger partial charge in [-0.1, -0.05) is 57.0 Å². The van der Waals surface area contributed by atoms with Crippen LogP contribution in [0.5, 0.6) is 0 Å². The molecule has 0 nitrogen and oxygen atoms in total. The third-order valence-corrected chi connectivity index (χ3v) is 7.09. The van der Waals surface area contributed by atoms with Crippen molar-refractivity contribution in [3.63, 3.8) is 0 Å². The molecule has 0 aliphatic heterocycles. The molecule has 0 unspecified atom stereocenters. The van der Waals surface area contributed by atoms with Gasteiger partial charge in [0.2, 0.25) is 0 Å². The highest BCUT2D eigenvalue weighted by Crippen LogP contribution is 2.27. The highest BCUT2D eigenvalue weighted by molar-refractivity contribution is 5.65. The molecule has 3 heteroatoms. The van der Waals surface area contributed by atoms with Crippen molar-refractivity contribution in [3.8, 4) is 0 Å². The minimum Gasteiger partial charge on any atom is -0.207 e. The summed E-state index contributed by atoms with van der Waals surface area (Å²) >= 11 is 0. The zero-order valence-electron chi connectivity index (χ0n) is 22.5. The molecule has 0 radical (unpaired) electrons. The Labute approximate surface area is 215 Å². The van der Waals surface area contributed by atoms with Gasteiger partial charge in [-0.2, -0.15) is 0 Å². The molecule has 0 aliphatic rings. The molecule has 3 aromatic rings. The van der Waals surface area contributed by atoms with E-state index in [-0.39, 0.29) is 17.5 Å². The Hall–Kier alpha value is -2.81. The molecule has 0 amide bonds. The van der Waals surface area contributed by atoms with Crippen molar-refractivity contribution >= 4 is 5.57 Å². The lowest BCUT2D eigenvalue weighted by atomic mass is 9.90. The predicted molar refractivity (Wildman–Crippen MR) is 146 cm³/mol. The summed E-state index contributed by atoms with van der Waals surface area (Å²) in [5.41, 5.74) is 8.56. The Bertz CT molecular complexity index is 1240. The zero-order valence-corrected chi connectivity index (χ0v) is 22.5. The molecular formula is C33H39F3. The van der Waals surface area contributed by atoms with Crippen LogP contribution in [-0.4, -0.2) is 0 Å². The van der Waals surface area contributed by atoms with Crippen LogP contribution in [-0.2, 0) is 38.5 Å². The van der Waals surface area contributed by atoms with Crippen LogP contribution in [0.25, 0.3) is 5.57 Å². The third kappa shape index (κ3) is 6.69. The molecule has 0 atom stereocenters. The van der Waals surface area contributed by atoms with E-state index in [1.807, 2.05) is 26.0 Å². The van der Waals surface area contributed by atoms with Gasteiger partial charge in [-0.15, -0.1) is 0 Å². The zero-order chi connectivity index (χ0) is 26.4. The van der Waals surface area contributed by atoms with E-state index < -0.39 is 0 Å². The lowest BCUT2D eigenvalue weighted by molar-refractivity contribution is 0.601. The average Bonchev–Trinajstić information content (AvgIpc) is 2.82. The van der Waals surface area contributed by atoms with Crippen molar-refractivity contribution < 1.29 is 13.2 Å². The van der Waals surface area contributed by atoms with E-state index >= 15 is 4.39 Å². The molecule has 0 aromatic heterocycles. The second kappa shape index (κ2) is 12.4. The fourth-order valence-corrected chi connectivity index (χ4v) is 5.01. The van der Waals surface area contributed by atoms with Crippen LogP contribution in [0.1, 0.15) is 83.7 Å². The Morgan fingerprint density at radius 3 is 1.86 bits per heavy atom. The summed E-state index contributed by atoms with van der Waals surface area (Å²) in [5.74, 6) is -0.637. The van der Waals surface area contributed by atoms with Gasteiger partial charge in [-0.05, 0) is 128 Å². The molecule has 0 aliphatic carbocycles. The lowest BCUT2D eigenvalue weighted by Crippen LogP contribution is -2.05. The Balaban J connectivity index is 1.83. The van der Waals surface area contributed by atoms with Crippen molar-refractivity contribution in [2.24, 2.45) is 0 Å². The summed E-state index contributed by atoms with van der Waals surface area (Å²) in [4.78, 5) is 0. The minimum atomic E-state index is -0.253. The second-order valence-corrected chi connectivity index (χ2v) is 10.1. The Morgan fingerprint density at radius 2 is 1.22 bits per heavy atom. The van der Waals surface area contributed by atoms with Gasteiger partial charge in [-0.3, -0.25) is 0 Å². The van der Waals surface area contributed by atoms with Gasteiger partial charge < -0.3 is 0 Å². The maximum atomic E-state index is 15.4. The first-order valence-corrected chi connectivity index (χ1v) is 13.2. The van der Waals surface area contributed by atoms with Crippen molar-refractivity contribution in [2.45, 2.75) is 86.0 Å². The summed E-state index contributed by atoms with van der Waals surface area (Å²) in [7, 11) is 0. The van der Waals surface area contributed by atoms with E-state index in [9.17, 15) is 8.78 Å². The summed E-state index contributed by atoms with van der Waals surface area (Å²) in [6.07, 6.45) is 6.00. The summed E-state index contributed by atoms with van der Waals surface area (Å²) in [6, 6.07) is 10.8. The van der Waals surface area contributed by atoms with Gasteiger partial charge in [-0.25, -0.2) is 13.2 Å². The lowest BCUT2D eigenvalue weighted by Gasteiger charge is -2.16. The average molecular weight is 493 g/mol. The maximum absolute atomic E-state index is 15.4. The van der Waals surface area contributed by atoms with E-state index in [4.69, 9.17) is 0 Å². The predicted octanol–water partition coefficient (Wildman–Crippen LogP) is 9.23. The number of rotatable bonds is 11. The first-order valence-electron chi connectivity index (χ1n) is 13.2. The summed E-state index contributed by atoms with van der Waals surface area (Å²) in [5, 5.41) is 0. The molecule has 0 heterocycles. The van der Waals surface area contributed by atoms with Crippen LogP contribution in [0.4, 0.5) is 13.2 Å². The Morgan fingerprint density at radius 1 is 0.639 bits per heavy atom. The number of halogens is 3. The fourth-order valence-electron chi connectivity index (χ4n) is 5.01. The summed E-state index contributed by atoms with van der Waals surface area (Å²) < 4.78 is 44.1. The van der Waals surface area contributed by atoms with Crippen molar-refractivity contribution in [2.75, 3.05) is 0 Å². The normalized spacial score (nSPS) is 11.2. The van der Waals surface area contributed by atoms with Crippen molar-refractivity contribution in [1.82, 2.24) is 0 Å². The van der Waals surface area contributed by atoms with E-state index in [0.717, 1.165) is 70.2 Å².